The molecule has 0 atom stereocenters. The normalized spacial score (nSPS) is 10.6. The molecule has 4 rings (SSSR count). The molecule has 0 aliphatic rings. The summed E-state index contributed by atoms with van der Waals surface area (Å²) in [6.45, 7) is 0.501. The van der Waals surface area contributed by atoms with Crippen LogP contribution in [0.15, 0.2) is 72.9 Å². The van der Waals surface area contributed by atoms with Crippen molar-refractivity contribution in [2.75, 3.05) is 19.5 Å². The molecule has 0 spiro atoms. The first-order valence-corrected chi connectivity index (χ1v) is 10.2. The first kappa shape index (κ1) is 21.9. The van der Waals surface area contributed by atoms with Gasteiger partial charge in [0.15, 0.2) is 0 Å². The van der Waals surface area contributed by atoms with Crippen LogP contribution < -0.4 is 20.3 Å². The van der Waals surface area contributed by atoms with Crippen LogP contribution in [0.1, 0.15) is 26.3 Å². The second kappa shape index (κ2) is 9.46. The lowest BCUT2D eigenvalue weighted by Gasteiger charge is -2.11. The van der Waals surface area contributed by atoms with Gasteiger partial charge < -0.3 is 19.4 Å². The van der Waals surface area contributed by atoms with Gasteiger partial charge in [-0.05, 0) is 35.9 Å². The summed E-state index contributed by atoms with van der Waals surface area (Å²) in [7, 11) is 3.10. The van der Waals surface area contributed by atoms with Gasteiger partial charge in [-0.25, -0.2) is 5.48 Å². The molecule has 0 aliphatic carbocycles. The predicted octanol–water partition coefficient (Wildman–Crippen LogP) is 4.08. The average molecular weight is 445 g/mol. The van der Waals surface area contributed by atoms with Crippen LogP contribution in [0.4, 0.5) is 5.69 Å². The molecule has 0 unspecified atom stereocenters. The van der Waals surface area contributed by atoms with Crippen molar-refractivity contribution in [2.24, 2.45) is 0 Å². The first-order valence-electron chi connectivity index (χ1n) is 10.2. The van der Waals surface area contributed by atoms with Gasteiger partial charge in [0.25, 0.3) is 11.8 Å². The van der Waals surface area contributed by atoms with Crippen molar-refractivity contribution in [3.05, 3.63) is 89.6 Å². The quantitative estimate of drug-likeness (QED) is 0.294. The number of amides is 2. The number of para-hydroxylation sites is 1. The zero-order valence-electron chi connectivity index (χ0n) is 18.2. The third-order valence-corrected chi connectivity index (χ3v) is 5.36. The van der Waals surface area contributed by atoms with Crippen molar-refractivity contribution < 1.29 is 24.3 Å². The monoisotopic (exact) mass is 445 g/mol. The van der Waals surface area contributed by atoms with Crippen LogP contribution >= 0.6 is 0 Å². The van der Waals surface area contributed by atoms with Gasteiger partial charge in [0.1, 0.15) is 11.5 Å². The SMILES string of the molecule is COc1ccc(NC(=O)c2cn(Cc3ccc(C(=O)NO)cc3)c3ccccc23)c(OC)c1. The van der Waals surface area contributed by atoms with Crippen LogP contribution in [0.3, 0.4) is 0 Å². The van der Waals surface area contributed by atoms with E-state index in [1.165, 1.54) is 7.11 Å². The fourth-order valence-electron chi connectivity index (χ4n) is 3.67. The standard InChI is InChI=1S/C25H23N3O5/c1-32-18-11-12-21(23(13-18)33-2)26-25(30)20-15-28(22-6-4-3-5-19(20)22)14-16-7-9-17(10-8-16)24(29)27-31/h3-13,15,31H,14H2,1-2H3,(H,26,30)(H,27,29). The topological polar surface area (TPSA) is 102 Å². The molecule has 2 amide bonds. The van der Waals surface area contributed by atoms with E-state index in [9.17, 15) is 9.59 Å². The number of rotatable bonds is 7. The van der Waals surface area contributed by atoms with Crippen LogP contribution in [-0.4, -0.2) is 35.8 Å². The molecule has 0 fully saturated rings. The average Bonchev–Trinajstić information content (AvgIpc) is 3.22. The lowest BCUT2D eigenvalue weighted by atomic mass is 10.1. The summed E-state index contributed by atoms with van der Waals surface area (Å²) >= 11 is 0. The summed E-state index contributed by atoms with van der Waals surface area (Å²) in [5.74, 6) is 0.298. The number of nitrogens with one attached hydrogen (secondary N) is 2. The molecule has 8 heteroatoms. The zero-order valence-corrected chi connectivity index (χ0v) is 18.2. The molecule has 0 radical (unpaired) electrons. The fourth-order valence-corrected chi connectivity index (χ4v) is 3.67. The maximum Gasteiger partial charge on any atom is 0.274 e. The van der Waals surface area contributed by atoms with E-state index in [1.807, 2.05) is 35.0 Å². The first-order chi connectivity index (χ1) is 16.0. The second-order valence-corrected chi connectivity index (χ2v) is 7.35. The van der Waals surface area contributed by atoms with Gasteiger partial charge >= 0.3 is 0 Å². The number of hydroxylamine groups is 1. The van der Waals surface area contributed by atoms with E-state index < -0.39 is 5.91 Å². The Morgan fingerprint density at radius 2 is 1.70 bits per heavy atom. The highest BCUT2D eigenvalue weighted by molar-refractivity contribution is 6.13. The van der Waals surface area contributed by atoms with Crippen molar-refractivity contribution in [2.45, 2.75) is 6.54 Å². The molecule has 0 saturated carbocycles. The number of benzene rings is 3. The van der Waals surface area contributed by atoms with E-state index in [0.717, 1.165) is 16.5 Å². The number of fused-ring (bicyclic) bond motifs is 1. The van der Waals surface area contributed by atoms with E-state index in [-0.39, 0.29) is 5.91 Å². The maximum absolute atomic E-state index is 13.2. The van der Waals surface area contributed by atoms with Crippen LogP contribution in [0, 0.1) is 0 Å². The highest BCUT2D eigenvalue weighted by Gasteiger charge is 2.17. The van der Waals surface area contributed by atoms with E-state index in [1.54, 1.807) is 55.1 Å². The Hall–Kier alpha value is -4.30. The summed E-state index contributed by atoms with van der Waals surface area (Å²) < 4.78 is 12.6. The summed E-state index contributed by atoms with van der Waals surface area (Å²) in [5.41, 5.74) is 4.88. The smallest absolute Gasteiger partial charge is 0.274 e. The van der Waals surface area contributed by atoms with Crippen molar-refractivity contribution in [3.63, 3.8) is 0 Å². The van der Waals surface area contributed by atoms with Crippen LogP contribution in [0.25, 0.3) is 10.9 Å². The molecule has 0 bridgehead atoms. The highest BCUT2D eigenvalue weighted by Crippen LogP contribution is 2.30. The van der Waals surface area contributed by atoms with Crippen LogP contribution in [0.5, 0.6) is 11.5 Å². The Morgan fingerprint density at radius 1 is 0.939 bits per heavy atom. The molecule has 3 aromatic carbocycles. The number of carbonyl (C=O) groups excluding carboxylic acids is 2. The van der Waals surface area contributed by atoms with Gasteiger partial charge in [-0.3, -0.25) is 14.8 Å². The molecule has 33 heavy (non-hydrogen) atoms. The molecule has 168 valence electrons. The summed E-state index contributed by atoms with van der Waals surface area (Å²) in [6.07, 6.45) is 1.81. The van der Waals surface area contributed by atoms with Crippen molar-refractivity contribution in [3.8, 4) is 11.5 Å². The molecule has 4 aromatic rings. The van der Waals surface area contributed by atoms with Crippen molar-refractivity contribution in [1.29, 1.82) is 0 Å². The van der Waals surface area contributed by atoms with E-state index >= 15 is 0 Å². The highest BCUT2D eigenvalue weighted by atomic mass is 16.5. The minimum absolute atomic E-state index is 0.261. The number of hydrogen-bond acceptors (Lipinski definition) is 5. The number of anilines is 1. The fraction of sp³-hybridized carbons (Fsp3) is 0.120. The molecule has 0 saturated heterocycles. The summed E-state index contributed by atoms with van der Waals surface area (Å²) in [6, 6.07) is 19.7. The minimum atomic E-state index is -0.569. The van der Waals surface area contributed by atoms with Crippen molar-refractivity contribution >= 4 is 28.4 Å². The van der Waals surface area contributed by atoms with Gasteiger partial charge in [0.2, 0.25) is 0 Å². The third-order valence-electron chi connectivity index (χ3n) is 5.36. The van der Waals surface area contributed by atoms with E-state index in [0.29, 0.717) is 34.9 Å². The zero-order chi connectivity index (χ0) is 23.4. The lowest BCUT2D eigenvalue weighted by molar-refractivity contribution is 0.0706. The van der Waals surface area contributed by atoms with Gasteiger partial charge in [0.05, 0.1) is 25.5 Å². The van der Waals surface area contributed by atoms with Crippen molar-refractivity contribution in [1.82, 2.24) is 10.0 Å². The Balaban J connectivity index is 1.63. The third kappa shape index (κ3) is 4.51. The molecular weight excluding hydrogens is 422 g/mol. The summed E-state index contributed by atoms with van der Waals surface area (Å²) in [4.78, 5) is 24.7. The van der Waals surface area contributed by atoms with Gasteiger partial charge in [0, 0.05) is 35.3 Å². The Labute approximate surface area is 190 Å². The molecule has 0 aliphatic heterocycles. The predicted molar refractivity (Wildman–Crippen MR) is 124 cm³/mol. The van der Waals surface area contributed by atoms with E-state index in [2.05, 4.69) is 5.32 Å². The Morgan fingerprint density at radius 3 is 2.39 bits per heavy atom. The molecule has 1 aromatic heterocycles. The number of hydrogen-bond donors (Lipinski definition) is 3. The number of nitrogens with zero attached hydrogens (tertiary/aromatic N) is 1. The van der Waals surface area contributed by atoms with E-state index in [4.69, 9.17) is 14.7 Å². The molecule has 8 nitrogen and oxygen atoms in total. The molecule has 1 heterocycles. The van der Waals surface area contributed by atoms with Crippen LogP contribution in [0.2, 0.25) is 0 Å². The number of ether oxygens (including phenoxy) is 2. The van der Waals surface area contributed by atoms with Gasteiger partial charge in [-0.2, -0.15) is 0 Å². The number of carbonyl (C=O) groups is 2. The number of methoxy groups -OCH3 is 2. The molecule has 3 N–H and O–H groups in total. The van der Waals surface area contributed by atoms with Gasteiger partial charge in [-0.15, -0.1) is 0 Å². The summed E-state index contributed by atoms with van der Waals surface area (Å²) in [5, 5.41) is 12.5. The second-order valence-electron chi connectivity index (χ2n) is 7.35. The number of aromatic nitrogens is 1. The van der Waals surface area contributed by atoms with Gasteiger partial charge in [-0.1, -0.05) is 30.3 Å². The lowest BCUT2D eigenvalue weighted by Crippen LogP contribution is -2.18. The Kier molecular flexibility index (Phi) is 6.28. The molecular formula is C25H23N3O5. The van der Waals surface area contributed by atoms with Crippen LogP contribution in [-0.2, 0) is 6.54 Å². The maximum atomic E-state index is 13.2. The largest absolute Gasteiger partial charge is 0.497 e. The minimum Gasteiger partial charge on any atom is -0.497 e. The Bertz CT molecular complexity index is 1310.